The summed E-state index contributed by atoms with van der Waals surface area (Å²) in [6, 6.07) is 2.16. The third kappa shape index (κ3) is 3.30. The lowest BCUT2D eigenvalue weighted by molar-refractivity contribution is 0.184. The van der Waals surface area contributed by atoms with Crippen molar-refractivity contribution in [3.05, 3.63) is 18.0 Å². The maximum atomic E-state index is 5.08. The molecule has 1 aromatic rings. The Kier molecular flexibility index (Phi) is 4.32. The topological polar surface area (TPSA) is 47.0 Å². The highest BCUT2D eigenvalue weighted by Crippen LogP contribution is 2.03. The number of anilines is 1. The van der Waals surface area contributed by atoms with E-state index in [4.69, 9.17) is 4.74 Å². The van der Waals surface area contributed by atoms with Gasteiger partial charge in [0.2, 0.25) is 5.95 Å². The van der Waals surface area contributed by atoms with E-state index >= 15 is 0 Å². The first-order valence-corrected chi connectivity index (χ1v) is 4.81. The zero-order valence-electron chi connectivity index (χ0n) is 8.95. The quantitative estimate of drug-likeness (QED) is 0.775. The van der Waals surface area contributed by atoms with Gasteiger partial charge in [-0.15, -0.1) is 0 Å². The average Bonchev–Trinajstić information content (AvgIpc) is 2.17. The van der Waals surface area contributed by atoms with Crippen LogP contribution in [0.3, 0.4) is 0 Å². The summed E-state index contributed by atoms with van der Waals surface area (Å²) in [5.41, 5.74) is 0.967. The van der Waals surface area contributed by atoms with E-state index < -0.39 is 0 Å². The van der Waals surface area contributed by atoms with Gasteiger partial charge in [0.05, 0.1) is 12.6 Å². The Balaban J connectivity index is 2.57. The van der Waals surface area contributed by atoms with Crippen molar-refractivity contribution in [3.63, 3.8) is 0 Å². The summed E-state index contributed by atoms with van der Waals surface area (Å²) < 4.78 is 5.08. The van der Waals surface area contributed by atoms with Gasteiger partial charge < -0.3 is 10.1 Å². The molecule has 1 aromatic heterocycles. The molecule has 0 amide bonds. The lowest BCUT2D eigenvalue weighted by Gasteiger charge is -2.15. The van der Waals surface area contributed by atoms with Gasteiger partial charge in [-0.2, -0.15) is 0 Å². The molecule has 0 fully saturated rings. The maximum absolute atomic E-state index is 5.08. The predicted octanol–water partition coefficient (Wildman–Crippen LogP) is 1.62. The van der Waals surface area contributed by atoms with Crippen LogP contribution in [-0.4, -0.2) is 29.7 Å². The van der Waals surface area contributed by atoms with Crippen molar-refractivity contribution in [3.8, 4) is 0 Å². The standard InChI is InChI=1S/C10H17N3O/c1-4-9(7-14-3)13-10-11-6-5-8(2)12-10/h5-6,9H,4,7H2,1-3H3,(H,11,12,13). The summed E-state index contributed by atoms with van der Waals surface area (Å²) in [6.07, 6.45) is 2.75. The second kappa shape index (κ2) is 5.54. The fraction of sp³-hybridized carbons (Fsp3) is 0.600. The maximum Gasteiger partial charge on any atom is 0.223 e. The summed E-state index contributed by atoms with van der Waals surface area (Å²) in [5.74, 6) is 0.675. The van der Waals surface area contributed by atoms with Crippen LogP contribution < -0.4 is 5.32 Å². The molecule has 1 unspecified atom stereocenters. The molecule has 0 aliphatic carbocycles. The van der Waals surface area contributed by atoms with Crippen molar-refractivity contribution in [2.24, 2.45) is 0 Å². The van der Waals surface area contributed by atoms with Crippen LogP contribution in [0.5, 0.6) is 0 Å². The van der Waals surface area contributed by atoms with Gasteiger partial charge >= 0.3 is 0 Å². The Bertz CT molecular complexity index is 278. The minimum atomic E-state index is 0.279. The molecule has 0 spiro atoms. The van der Waals surface area contributed by atoms with Gasteiger partial charge in [0.25, 0.3) is 0 Å². The lowest BCUT2D eigenvalue weighted by atomic mass is 10.2. The number of aromatic nitrogens is 2. The molecule has 1 atom stereocenters. The number of nitrogens with one attached hydrogen (secondary N) is 1. The molecule has 0 radical (unpaired) electrons. The van der Waals surface area contributed by atoms with Crippen molar-refractivity contribution in [2.45, 2.75) is 26.3 Å². The Morgan fingerprint density at radius 3 is 2.93 bits per heavy atom. The largest absolute Gasteiger partial charge is 0.383 e. The van der Waals surface area contributed by atoms with Crippen molar-refractivity contribution in [1.29, 1.82) is 0 Å². The van der Waals surface area contributed by atoms with Crippen LogP contribution in [0.25, 0.3) is 0 Å². The SMILES string of the molecule is CCC(COC)Nc1nccc(C)n1. The number of aryl methyl sites for hydroxylation is 1. The normalized spacial score (nSPS) is 12.5. The van der Waals surface area contributed by atoms with Crippen LogP contribution in [0.4, 0.5) is 5.95 Å². The number of hydrogen-bond donors (Lipinski definition) is 1. The van der Waals surface area contributed by atoms with Gasteiger partial charge in [0, 0.05) is 19.0 Å². The summed E-state index contributed by atoms with van der Waals surface area (Å²) in [6.45, 7) is 4.73. The molecule has 78 valence electrons. The van der Waals surface area contributed by atoms with Crippen LogP contribution >= 0.6 is 0 Å². The Labute approximate surface area is 84.7 Å². The third-order valence-electron chi connectivity index (χ3n) is 1.99. The molecule has 0 aliphatic rings. The zero-order valence-corrected chi connectivity index (χ0v) is 8.95. The van der Waals surface area contributed by atoms with Gasteiger partial charge in [-0.25, -0.2) is 9.97 Å². The summed E-state index contributed by atoms with van der Waals surface area (Å²) in [4.78, 5) is 8.40. The molecule has 4 heteroatoms. The fourth-order valence-electron chi connectivity index (χ4n) is 1.16. The van der Waals surface area contributed by atoms with Gasteiger partial charge in [-0.3, -0.25) is 0 Å². The molecule has 0 aromatic carbocycles. The van der Waals surface area contributed by atoms with E-state index in [-0.39, 0.29) is 6.04 Å². The van der Waals surface area contributed by atoms with Crippen LogP contribution in [0, 0.1) is 6.92 Å². The van der Waals surface area contributed by atoms with E-state index in [2.05, 4.69) is 22.2 Å². The molecule has 1 N–H and O–H groups in total. The molecule has 14 heavy (non-hydrogen) atoms. The fourth-order valence-corrected chi connectivity index (χ4v) is 1.16. The molecule has 0 bridgehead atoms. The van der Waals surface area contributed by atoms with E-state index in [0.717, 1.165) is 12.1 Å². The van der Waals surface area contributed by atoms with Crippen molar-refractivity contribution in [2.75, 3.05) is 19.0 Å². The zero-order chi connectivity index (χ0) is 10.4. The van der Waals surface area contributed by atoms with Gasteiger partial charge in [-0.1, -0.05) is 6.92 Å². The Hall–Kier alpha value is -1.16. The molecule has 1 rings (SSSR count). The van der Waals surface area contributed by atoms with Gasteiger partial charge in [-0.05, 0) is 19.4 Å². The first kappa shape index (κ1) is 10.9. The van der Waals surface area contributed by atoms with Crippen molar-refractivity contribution >= 4 is 5.95 Å². The minimum Gasteiger partial charge on any atom is -0.383 e. The number of nitrogens with zero attached hydrogens (tertiary/aromatic N) is 2. The highest BCUT2D eigenvalue weighted by molar-refractivity contribution is 5.26. The molecule has 1 heterocycles. The summed E-state index contributed by atoms with van der Waals surface area (Å²) in [5, 5.41) is 3.22. The molecule has 0 aliphatic heterocycles. The average molecular weight is 195 g/mol. The predicted molar refractivity (Wildman–Crippen MR) is 56.3 cm³/mol. The molecule has 4 nitrogen and oxygen atoms in total. The smallest absolute Gasteiger partial charge is 0.223 e. The highest BCUT2D eigenvalue weighted by atomic mass is 16.5. The Morgan fingerprint density at radius 2 is 2.36 bits per heavy atom. The van der Waals surface area contributed by atoms with Crippen LogP contribution in [0.1, 0.15) is 19.0 Å². The van der Waals surface area contributed by atoms with E-state index in [9.17, 15) is 0 Å². The molecule has 0 saturated carbocycles. The highest BCUT2D eigenvalue weighted by Gasteiger charge is 2.06. The number of rotatable bonds is 5. The van der Waals surface area contributed by atoms with Crippen LogP contribution in [0.15, 0.2) is 12.3 Å². The second-order valence-corrected chi connectivity index (χ2v) is 3.23. The lowest BCUT2D eigenvalue weighted by Crippen LogP contribution is -2.25. The first-order valence-electron chi connectivity index (χ1n) is 4.81. The molecular weight excluding hydrogens is 178 g/mol. The monoisotopic (exact) mass is 195 g/mol. The second-order valence-electron chi connectivity index (χ2n) is 3.23. The van der Waals surface area contributed by atoms with E-state index in [0.29, 0.717) is 12.6 Å². The number of ether oxygens (including phenoxy) is 1. The molecular formula is C10H17N3O. The van der Waals surface area contributed by atoms with E-state index in [1.54, 1.807) is 13.3 Å². The third-order valence-corrected chi connectivity index (χ3v) is 1.99. The van der Waals surface area contributed by atoms with Crippen LogP contribution in [-0.2, 0) is 4.74 Å². The van der Waals surface area contributed by atoms with Crippen molar-refractivity contribution in [1.82, 2.24) is 9.97 Å². The summed E-state index contributed by atoms with van der Waals surface area (Å²) >= 11 is 0. The number of hydrogen-bond acceptors (Lipinski definition) is 4. The molecule has 0 saturated heterocycles. The van der Waals surface area contributed by atoms with E-state index in [1.165, 1.54) is 0 Å². The first-order chi connectivity index (χ1) is 6.76. The van der Waals surface area contributed by atoms with Crippen molar-refractivity contribution < 1.29 is 4.74 Å². The van der Waals surface area contributed by atoms with Gasteiger partial charge in [0.1, 0.15) is 0 Å². The minimum absolute atomic E-state index is 0.279. The van der Waals surface area contributed by atoms with Crippen LogP contribution in [0.2, 0.25) is 0 Å². The van der Waals surface area contributed by atoms with Gasteiger partial charge in [0.15, 0.2) is 0 Å². The summed E-state index contributed by atoms with van der Waals surface area (Å²) in [7, 11) is 1.70. The number of methoxy groups -OCH3 is 1. The van der Waals surface area contributed by atoms with E-state index in [1.807, 2.05) is 13.0 Å². The Morgan fingerprint density at radius 1 is 1.57 bits per heavy atom.